The summed E-state index contributed by atoms with van der Waals surface area (Å²) >= 11 is 7.75. The SMILES string of the molecule is CCSc1ccc(C=CC=Cc2cc(SCC)c(SCC)c(SCC)c2)cc1. The molecule has 0 aliphatic carbocycles. The lowest BCUT2D eigenvalue weighted by molar-refractivity contribution is 1.11. The molecule has 0 spiro atoms. The van der Waals surface area contributed by atoms with Crippen molar-refractivity contribution < 1.29 is 0 Å². The molecule has 0 aromatic heterocycles. The van der Waals surface area contributed by atoms with Crippen LogP contribution in [0.3, 0.4) is 0 Å². The van der Waals surface area contributed by atoms with E-state index in [9.17, 15) is 0 Å². The predicted molar refractivity (Wildman–Crippen MR) is 137 cm³/mol. The molecule has 0 unspecified atom stereocenters. The van der Waals surface area contributed by atoms with E-state index in [1.54, 1.807) is 0 Å². The zero-order chi connectivity index (χ0) is 20.2. The first-order valence-corrected chi connectivity index (χ1v) is 13.8. The lowest BCUT2D eigenvalue weighted by Crippen LogP contribution is -1.88. The van der Waals surface area contributed by atoms with Crippen LogP contribution in [0, 0.1) is 0 Å². The lowest BCUT2D eigenvalue weighted by Gasteiger charge is -2.14. The number of thioether (sulfide) groups is 4. The van der Waals surface area contributed by atoms with Crippen LogP contribution in [0.4, 0.5) is 0 Å². The van der Waals surface area contributed by atoms with Crippen molar-refractivity contribution in [1.29, 1.82) is 0 Å². The van der Waals surface area contributed by atoms with Gasteiger partial charge in [-0.15, -0.1) is 47.0 Å². The van der Waals surface area contributed by atoms with Crippen LogP contribution in [0.2, 0.25) is 0 Å². The van der Waals surface area contributed by atoms with Crippen molar-refractivity contribution in [2.24, 2.45) is 0 Å². The number of rotatable bonds is 11. The smallest absolute Gasteiger partial charge is 0.0344 e. The van der Waals surface area contributed by atoms with Crippen molar-refractivity contribution in [1.82, 2.24) is 0 Å². The van der Waals surface area contributed by atoms with E-state index in [1.807, 2.05) is 47.0 Å². The molecule has 0 radical (unpaired) electrons. The average molecular weight is 447 g/mol. The summed E-state index contributed by atoms with van der Waals surface area (Å²) < 4.78 is 0. The van der Waals surface area contributed by atoms with Crippen molar-refractivity contribution in [3.8, 4) is 0 Å². The van der Waals surface area contributed by atoms with Crippen molar-refractivity contribution in [3.05, 3.63) is 59.7 Å². The molecule has 0 nitrogen and oxygen atoms in total. The normalized spacial score (nSPS) is 11.7. The molecule has 4 heteroatoms. The molecule has 2 rings (SSSR count). The van der Waals surface area contributed by atoms with E-state index >= 15 is 0 Å². The maximum Gasteiger partial charge on any atom is 0.0344 e. The van der Waals surface area contributed by atoms with E-state index in [0.29, 0.717) is 0 Å². The van der Waals surface area contributed by atoms with Gasteiger partial charge < -0.3 is 0 Å². The fourth-order valence-corrected chi connectivity index (χ4v) is 6.35. The number of hydrogen-bond acceptors (Lipinski definition) is 4. The standard InChI is InChI=1S/C24H30S4/c1-5-25-21-15-13-19(14-16-21)11-9-10-12-20-17-22(26-6-2)24(28-8-4)23(18-20)27-7-3/h9-18H,5-8H2,1-4H3. The van der Waals surface area contributed by atoms with Gasteiger partial charge >= 0.3 is 0 Å². The Morgan fingerprint density at radius 1 is 0.607 bits per heavy atom. The second kappa shape index (κ2) is 13.5. The Bertz CT molecular complexity index is 749. The second-order valence-electron chi connectivity index (χ2n) is 5.87. The molecule has 0 amide bonds. The molecule has 28 heavy (non-hydrogen) atoms. The fraction of sp³-hybridized carbons (Fsp3) is 0.333. The maximum atomic E-state index is 2.34. The third-order valence-corrected chi connectivity index (χ3v) is 7.82. The summed E-state index contributed by atoms with van der Waals surface area (Å²) in [5.41, 5.74) is 2.52. The minimum absolute atomic E-state index is 1.10. The molecule has 0 N–H and O–H groups in total. The maximum absolute atomic E-state index is 2.34. The Kier molecular flexibility index (Phi) is 11.4. The minimum Gasteiger partial charge on any atom is -0.126 e. The van der Waals surface area contributed by atoms with Gasteiger partial charge in [-0.3, -0.25) is 0 Å². The molecule has 0 bridgehead atoms. The van der Waals surface area contributed by atoms with Crippen molar-refractivity contribution in [3.63, 3.8) is 0 Å². The highest BCUT2D eigenvalue weighted by Crippen LogP contribution is 2.40. The van der Waals surface area contributed by atoms with Crippen LogP contribution in [0.1, 0.15) is 38.8 Å². The summed E-state index contributed by atoms with van der Waals surface area (Å²) in [6, 6.07) is 13.4. The molecule has 0 heterocycles. The van der Waals surface area contributed by atoms with E-state index in [2.05, 4.69) is 88.4 Å². The quantitative estimate of drug-likeness (QED) is 0.249. The van der Waals surface area contributed by atoms with Gasteiger partial charge in [0.25, 0.3) is 0 Å². The number of benzene rings is 2. The third-order valence-electron chi connectivity index (χ3n) is 3.81. The molecular formula is C24H30S4. The highest BCUT2D eigenvalue weighted by atomic mass is 32.2. The summed E-state index contributed by atoms with van der Waals surface area (Å²) in [7, 11) is 0. The number of hydrogen-bond donors (Lipinski definition) is 0. The van der Waals surface area contributed by atoms with Crippen molar-refractivity contribution in [2.75, 3.05) is 23.0 Å². The zero-order valence-electron chi connectivity index (χ0n) is 17.2. The van der Waals surface area contributed by atoms with Crippen LogP contribution in [0.15, 0.2) is 68.1 Å². The molecular weight excluding hydrogens is 417 g/mol. The van der Waals surface area contributed by atoms with Crippen LogP contribution in [0.25, 0.3) is 12.2 Å². The van der Waals surface area contributed by atoms with Crippen LogP contribution in [-0.4, -0.2) is 23.0 Å². The monoisotopic (exact) mass is 446 g/mol. The average Bonchev–Trinajstić information content (AvgIpc) is 2.70. The van der Waals surface area contributed by atoms with Gasteiger partial charge in [0.05, 0.1) is 0 Å². The Morgan fingerprint density at radius 2 is 1.11 bits per heavy atom. The first-order chi connectivity index (χ1) is 13.7. The minimum atomic E-state index is 1.10. The molecule has 2 aromatic carbocycles. The van der Waals surface area contributed by atoms with Crippen molar-refractivity contribution >= 4 is 59.2 Å². The Labute approximate surface area is 188 Å². The largest absolute Gasteiger partial charge is 0.126 e. The zero-order valence-corrected chi connectivity index (χ0v) is 20.5. The molecule has 0 saturated heterocycles. The van der Waals surface area contributed by atoms with E-state index in [-0.39, 0.29) is 0 Å². The highest BCUT2D eigenvalue weighted by molar-refractivity contribution is 8.03. The number of allylic oxidation sites excluding steroid dienone is 2. The highest BCUT2D eigenvalue weighted by Gasteiger charge is 2.10. The summed E-state index contributed by atoms with van der Waals surface area (Å²) in [5.74, 6) is 4.44. The van der Waals surface area contributed by atoms with Gasteiger partial charge in [-0.05, 0) is 58.4 Å². The lowest BCUT2D eigenvalue weighted by atomic mass is 10.2. The summed E-state index contributed by atoms with van der Waals surface area (Å²) in [6.45, 7) is 8.88. The van der Waals surface area contributed by atoms with Gasteiger partial charge in [0.1, 0.15) is 0 Å². The Balaban J connectivity index is 2.16. The first kappa shape index (κ1) is 23.6. The van der Waals surface area contributed by atoms with E-state index in [4.69, 9.17) is 0 Å². The fourth-order valence-electron chi connectivity index (χ4n) is 2.68. The van der Waals surface area contributed by atoms with Gasteiger partial charge in [0.15, 0.2) is 0 Å². The molecule has 0 aliphatic rings. The summed E-state index contributed by atoms with van der Waals surface area (Å²) in [4.78, 5) is 5.63. The predicted octanol–water partition coefficient (Wildman–Crippen LogP) is 8.86. The molecule has 0 atom stereocenters. The molecule has 2 aromatic rings. The first-order valence-electron chi connectivity index (χ1n) is 9.85. The van der Waals surface area contributed by atoms with E-state index in [1.165, 1.54) is 30.7 Å². The third kappa shape index (κ3) is 7.62. The van der Waals surface area contributed by atoms with E-state index < -0.39 is 0 Å². The molecule has 0 fully saturated rings. The molecule has 0 saturated carbocycles. The van der Waals surface area contributed by atoms with Gasteiger partial charge in [0.2, 0.25) is 0 Å². The van der Waals surface area contributed by atoms with Gasteiger partial charge in [-0.2, -0.15) is 0 Å². The second-order valence-corrected chi connectivity index (χ2v) is 11.1. The summed E-state index contributed by atoms with van der Waals surface area (Å²) in [6.07, 6.45) is 8.67. The topological polar surface area (TPSA) is 0 Å². The van der Waals surface area contributed by atoms with Gasteiger partial charge in [-0.1, -0.05) is 64.1 Å². The van der Waals surface area contributed by atoms with Crippen LogP contribution >= 0.6 is 47.0 Å². The Hall–Kier alpha value is -0.680. The Morgan fingerprint density at radius 3 is 1.61 bits per heavy atom. The molecule has 0 aliphatic heterocycles. The van der Waals surface area contributed by atoms with Gasteiger partial charge in [0, 0.05) is 19.6 Å². The van der Waals surface area contributed by atoms with Crippen molar-refractivity contribution in [2.45, 2.75) is 47.3 Å². The van der Waals surface area contributed by atoms with Crippen LogP contribution in [0.5, 0.6) is 0 Å². The van der Waals surface area contributed by atoms with E-state index in [0.717, 1.165) is 23.0 Å². The van der Waals surface area contributed by atoms with Gasteiger partial charge in [-0.25, -0.2) is 0 Å². The molecule has 150 valence electrons. The summed E-state index contributed by atoms with van der Waals surface area (Å²) in [5, 5.41) is 0. The van der Waals surface area contributed by atoms with Crippen LogP contribution < -0.4 is 0 Å². The van der Waals surface area contributed by atoms with Crippen LogP contribution in [-0.2, 0) is 0 Å².